The van der Waals surface area contributed by atoms with Crippen molar-refractivity contribution < 1.29 is 0 Å². The van der Waals surface area contributed by atoms with Gasteiger partial charge in [0.1, 0.15) is 0 Å². The van der Waals surface area contributed by atoms with Crippen LogP contribution < -0.4 is 21.2 Å². The van der Waals surface area contributed by atoms with Gasteiger partial charge in [-0.25, -0.2) is 0 Å². The van der Waals surface area contributed by atoms with E-state index in [9.17, 15) is 0 Å². The van der Waals surface area contributed by atoms with Crippen LogP contribution in [-0.2, 0) is 39.9 Å². The summed E-state index contributed by atoms with van der Waals surface area (Å²) in [6.45, 7) is 34.0. The lowest BCUT2D eigenvalue weighted by atomic mass is 9.76. The zero-order valence-electron chi connectivity index (χ0n) is 38.3. The molecule has 1 N–H and O–H groups in total. The summed E-state index contributed by atoms with van der Waals surface area (Å²) in [5.41, 5.74) is 16.2. The van der Waals surface area contributed by atoms with Gasteiger partial charge in [-0.15, -0.1) is 11.8 Å². The van der Waals surface area contributed by atoms with Crippen molar-refractivity contribution in [1.29, 1.82) is 0 Å². The normalized spacial score (nSPS) is 16.9. The topological polar surface area (TPSA) is 12.0 Å². The number of rotatable bonds is 8. The highest BCUT2D eigenvalue weighted by molar-refractivity contribution is 7.99. The lowest BCUT2D eigenvalue weighted by Gasteiger charge is -2.35. The largest absolute Gasteiger partial charge is 0.384 e. The van der Waals surface area contributed by atoms with Gasteiger partial charge in [-0.05, 0) is 159 Å². The first-order chi connectivity index (χ1) is 27.0. The summed E-state index contributed by atoms with van der Waals surface area (Å²) in [5, 5.41) is 8.56. The van der Waals surface area contributed by atoms with Gasteiger partial charge >= 0.3 is 0 Å². The number of hydrogen-bond donors (Lipinski definition) is 1. The molecule has 0 heterocycles. The standard InChI is InChI=1S/C55H70NPS/c1-36-27-37(2)29-46(28-36)58-26-25-56-47-19-15-17-38-21-23-55(49(38)47)24-22-39-18-16-20-48(50(39)55)57(44-32-40(51(3,4)5)30-41(33-44)52(6,7)8)45-34-42(53(9,10)11)31-43(35-45)54(12,13)14/h15-20,27-35,56H,21-26H2,1-14H3/t55-/m1/s1. The Bertz CT molecular complexity index is 2160. The van der Waals surface area contributed by atoms with Crippen molar-refractivity contribution in [3.8, 4) is 0 Å². The van der Waals surface area contributed by atoms with Crippen LogP contribution in [0.3, 0.4) is 0 Å². The van der Waals surface area contributed by atoms with E-state index < -0.39 is 7.92 Å². The van der Waals surface area contributed by atoms with Crippen molar-refractivity contribution >= 4 is 41.3 Å². The molecule has 0 radical (unpaired) electrons. The van der Waals surface area contributed by atoms with Gasteiger partial charge in [-0.1, -0.05) is 156 Å². The van der Waals surface area contributed by atoms with E-state index in [2.05, 4.69) is 193 Å². The Hall–Kier alpha value is -3.32. The average Bonchev–Trinajstić information content (AvgIpc) is 3.70. The van der Waals surface area contributed by atoms with E-state index >= 15 is 0 Å². The summed E-state index contributed by atoms with van der Waals surface area (Å²) in [4.78, 5) is 1.37. The summed E-state index contributed by atoms with van der Waals surface area (Å²) in [7, 11) is -0.912. The quantitative estimate of drug-likeness (QED) is 0.0952. The highest BCUT2D eigenvalue weighted by atomic mass is 32.2. The van der Waals surface area contributed by atoms with Crippen LogP contribution in [0.15, 0.2) is 95.9 Å². The molecule has 0 aliphatic heterocycles. The molecule has 58 heavy (non-hydrogen) atoms. The molecule has 0 fully saturated rings. The van der Waals surface area contributed by atoms with E-state index in [1.54, 1.807) is 22.0 Å². The molecule has 2 aliphatic carbocycles. The summed E-state index contributed by atoms with van der Waals surface area (Å²) in [5.74, 6) is 1.03. The lowest BCUT2D eigenvalue weighted by molar-refractivity contribution is 0.510. The van der Waals surface area contributed by atoms with E-state index in [0.29, 0.717) is 0 Å². The van der Waals surface area contributed by atoms with Crippen LogP contribution in [-0.4, -0.2) is 12.3 Å². The molecule has 0 saturated heterocycles. The maximum Gasteiger partial charge on any atom is 0.0384 e. The summed E-state index contributed by atoms with van der Waals surface area (Å²) < 4.78 is 0. The predicted molar refractivity (Wildman–Crippen MR) is 259 cm³/mol. The SMILES string of the molecule is Cc1cc(C)cc(SCCNc2cccc3c2[C@@]2(CC3)CCc3cccc(P(c4cc(C(C)(C)C)cc(C(C)(C)C)c4)c4cc(C(C)(C)C)cc(C(C)(C)C)c4)c32)c1. The van der Waals surface area contributed by atoms with E-state index in [1.807, 2.05) is 11.8 Å². The molecule has 1 spiro atoms. The van der Waals surface area contributed by atoms with Crippen LogP contribution in [0.1, 0.15) is 152 Å². The maximum atomic E-state index is 4.02. The zero-order valence-corrected chi connectivity index (χ0v) is 40.0. The molecule has 7 rings (SSSR count). The predicted octanol–water partition coefficient (Wildman–Crippen LogP) is 13.6. The van der Waals surface area contributed by atoms with Gasteiger partial charge in [0.05, 0.1) is 0 Å². The number of hydrogen-bond acceptors (Lipinski definition) is 2. The van der Waals surface area contributed by atoms with Gasteiger partial charge in [0, 0.05) is 28.3 Å². The van der Waals surface area contributed by atoms with Crippen molar-refractivity contribution in [2.45, 2.75) is 155 Å². The van der Waals surface area contributed by atoms with Crippen LogP contribution in [0.25, 0.3) is 0 Å². The van der Waals surface area contributed by atoms with E-state index in [0.717, 1.165) is 25.1 Å². The number of fused-ring (bicyclic) bond motifs is 4. The Morgan fingerprint density at radius 3 is 1.47 bits per heavy atom. The Morgan fingerprint density at radius 2 is 1.00 bits per heavy atom. The molecule has 5 aromatic rings. The molecule has 0 unspecified atom stereocenters. The van der Waals surface area contributed by atoms with Crippen molar-refractivity contribution in [3.05, 3.63) is 147 Å². The third kappa shape index (κ3) is 8.63. The Morgan fingerprint density at radius 1 is 0.552 bits per heavy atom. The van der Waals surface area contributed by atoms with Gasteiger partial charge in [-0.2, -0.15) is 0 Å². The average molecular weight is 808 g/mol. The molecule has 306 valence electrons. The third-order valence-corrected chi connectivity index (χ3v) is 16.2. The number of thioether (sulfide) groups is 1. The van der Waals surface area contributed by atoms with Gasteiger partial charge in [0.25, 0.3) is 0 Å². The van der Waals surface area contributed by atoms with Crippen molar-refractivity contribution in [2.75, 3.05) is 17.6 Å². The van der Waals surface area contributed by atoms with Crippen LogP contribution in [0.2, 0.25) is 0 Å². The summed E-state index contributed by atoms with van der Waals surface area (Å²) in [6, 6.07) is 36.8. The molecule has 3 heteroatoms. The third-order valence-electron chi connectivity index (χ3n) is 12.8. The first kappa shape index (κ1) is 42.8. The smallest absolute Gasteiger partial charge is 0.0384 e. The van der Waals surface area contributed by atoms with Crippen LogP contribution in [0.5, 0.6) is 0 Å². The number of nitrogens with one attached hydrogen (secondary N) is 1. The van der Waals surface area contributed by atoms with Gasteiger partial charge in [0.2, 0.25) is 0 Å². The van der Waals surface area contributed by atoms with Gasteiger partial charge < -0.3 is 5.32 Å². The fourth-order valence-electron chi connectivity index (χ4n) is 9.51. The minimum absolute atomic E-state index is 0.00474. The minimum Gasteiger partial charge on any atom is -0.384 e. The molecule has 0 saturated carbocycles. The second kappa shape index (κ2) is 15.6. The summed E-state index contributed by atoms with van der Waals surface area (Å²) >= 11 is 1.97. The Balaban J connectivity index is 1.42. The first-order valence-corrected chi connectivity index (χ1v) is 24.2. The molecule has 5 aromatic carbocycles. The van der Waals surface area contributed by atoms with Gasteiger partial charge in [-0.3, -0.25) is 0 Å². The number of benzene rings is 5. The second-order valence-corrected chi connectivity index (χ2v) is 25.1. The van der Waals surface area contributed by atoms with E-state index in [4.69, 9.17) is 0 Å². The lowest BCUT2D eigenvalue weighted by Crippen LogP contribution is -2.33. The minimum atomic E-state index is -0.912. The highest BCUT2D eigenvalue weighted by Gasteiger charge is 2.48. The van der Waals surface area contributed by atoms with Crippen molar-refractivity contribution in [2.24, 2.45) is 0 Å². The zero-order chi connectivity index (χ0) is 42.0. The van der Waals surface area contributed by atoms with Crippen LogP contribution in [0.4, 0.5) is 5.69 Å². The molecule has 2 aliphatic rings. The van der Waals surface area contributed by atoms with Crippen molar-refractivity contribution in [1.82, 2.24) is 0 Å². The van der Waals surface area contributed by atoms with Crippen molar-refractivity contribution in [3.63, 3.8) is 0 Å². The molecule has 1 nitrogen and oxygen atoms in total. The Kier molecular flexibility index (Phi) is 11.5. The van der Waals surface area contributed by atoms with E-state index in [1.165, 1.54) is 73.0 Å². The molecule has 0 aromatic heterocycles. The molecule has 0 amide bonds. The van der Waals surface area contributed by atoms with Gasteiger partial charge in [0.15, 0.2) is 0 Å². The molecule has 0 bridgehead atoms. The second-order valence-electron chi connectivity index (χ2n) is 21.7. The fourth-order valence-corrected chi connectivity index (χ4v) is 13.2. The first-order valence-electron chi connectivity index (χ1n) is 21.9. The Labute approximate surface area is 358 Å². The van der Waals surface area contributed by atoms with Crippen LogP contribution in [0, 0.1) is 13.8 Å². The number of anilines is 1. The maximum absolute atomic E-state index is 4.02. The fraction of sp³-hybridized carbons (Fsp3) is 0.455. The molecular weight excluding hydrogens is 738 g/mol. The monoisotopic (exact) mass is 807 g/mol. The highest BCUT2D eigenvalue weighted by Crippen LogP contribution is 2.56. The van der Waals surface area contributed by atoms with E-state index in [-0.39, 0.29) is 27.1 Å². The molecular formula is C55H70NPS. The molecule has 1 atom stereocenters. The number of aryl methyl sites for hydroxylation is 4. The van der Waals surface area contributed by atoms with Crippen LogP contribution >= 0.6 is 19.7 Å². The summed E-state index contributed by atoms with van der Waals surface area (Å²) in [6.07, 6.45) is 4.62.